The largest absolute Gasteiger partial charge is 0.489 e. The summed E-state index contributed by atoms with van der Waals surface area (Å²) in [5.74, 6) is 0.923. The van der Waals surface area contributed by atoms with E-state index in [-0.39, 0.29) is 5.91 Å². The number of carbonyl (C=O) groups excluding carboxylic acids is 1. The van der Waals surface area contributed by atoms with Crippen LogP contribution in [0.15, 0.2) is 60.7 Å². The molecule has 150 valence electrons. The van der Waals surface area contributed by atoms with Crippen LogP contribution in [0.4, 0.5) is 0 Å². The molecule has 0 unspecified atom stereocenters. The monoisotopic (exact) mass is 408 g/mol. The lowest BCUT2D eigenvalue weighted by Gasteiger charge is -2.32. The van der Waals surface area contributed by atoms with Gasteiger partial charge in [-0.1, -0.05) is 54.1 Å². The van der Waals surface area contributed by atoms with Gasteiger partial charge in [-0.25, -0.2) is 0 Å². The van der Waals surface area contributed by atoms with Gasteiger partial charge in [-0.2, -0.15) is 0 Å². The zero-order valence-corrected chi connectivity index (χ0v) is 17.4. The Kier molecular flexibility index (Phi) is 6.02. The molecule has 5 heteroatoms. The quantitative estimate of drug-likeness (QED) is 0.627. The molecule has 0 aromatic heterocycles. The second-order valence-corrected chi connectivity index (χ2v) is 7.98. The molecule has 0 radical (unpaired) electrons. The third kappa shape index (κ3) is 4.72. The number of fused-ring (bicyclic) bond motifs is 1. The van der Waals surface area contributed by atoms with Crippen LogP contribution in [0.2, 0.25) is 5.02 Å². The minimum Gasteiger partial charge on any atom is -0.489 e. The predicted molar refractivity (Wildman–Crippen MR) is 118 cm³/mol. The highest BCUT2D eigenvalue weighted by atomic mass is 35.5. The molecule has 0 spiro atoms. The molecule has 3 aromatic rings. The summed E-state index contributed by atoms with van der Waals surface area (Å²) in [5.41, 5.74) is 2.00. The number of piperazine rings is 1. The Morgan fingerprint density at radius 2 is 1.69 bits per heavy atom. The fourth-order valence-corrected chi connectivity index (χ4v) is 3.82. The number of carbonyl (C=O) groups is 1. The molecule has 1 aliphatic heterocycles. The standard InChI is InChI=1S/C24H25ClN2O2/c1-26-12-14-27(15-13-26)24(28)16-22-21-5-3-2-4-19(21)8-11-23(22)29-17-18-6-9-20(25)10-7-18/h2-11H,12-17H2,1H3. The molecule has 3 aromatic carbocycles. The Labute approximate surface area is 176 Å². The molecule has 4 rings (SSSR count). The van der Waals surface area contributed by atoms with Gasteiger partial charge in [-0.05, 0) is 41.6 Å². The fraction of sp³-hybridized carbons (Fsp3) is 0.292. The summed E-state index contributed by atoms with van der Waals surface area (Å²) in [7, 11) is 2.09. The number of halogens is 1. The van der Waals surface area contributed by atoms with E-state index in [0.29, 0.717) is 18.1 Å². The Bertz CT molecular complexity index is 995. The Balaban J connectivity index is 1.58. The molecular formula is C24H25ClN2O2. The average molecular weight is 409 g/mol. The molecular weight excluding hydrogens is 384 g/mol. The first kappa shape index (κ1) is 19.7. The van der Waals surface area contributed by atoms with Gasteiger partial charge in [0.25, 0.3) is 0 Å². The Hall–Kier alpha value is -2.56. The number of ether oxygens (including phenoxy) is 1. The van der Waals surface area contributed by atoms with Gasteiger partial charge in [-0.3, -0.25) is 4.79 Å². The molecule has 1 fully saturated rings. The summed E-state index contributed by atoms with van der Waals surface area (Å²) in [5, 5.41) is 2.90. The molecule has 0 bridgehead atoms. The molecule has 0 saturated carbocycles. The average Bonchev–Trinajstić information content (AvgIpc) is 2.74. The summed E-state index contributed by atoms with van der Waals surface area (Å²) >= 11 is 5.97. The first-order chi connectivity index (χ1) is 14.1. The molecule has 0 N–H and O–H groups in total. The van der Waals surface area contributed by atoms with Gasteiger partial charge in [-0.15, -0.1) is 0 Å². The summed E-state index contributed by atoms with van der Waals surface area (Å²) in [4.78, 5) is 17.2. The minimum absolute atomic E-state index is 0.158. The zero-order chi connectivity index (χ0) is 20.2. The molecule has 0 atom stereocenters. The number of hydrogen-bond acceptors (Lipinski definition) is 3. The van der Waals surface area contributed by atoms with E-state index in [1.807, 2.05) is 47.4 Å². The van der Waals surface area contributed by atoms with E-state index in [2.05, 4.69) is 30.1 Å². The molecule has 29 heavy (non-hydrogen) atoms. The van der Waals surface area contributed by atoms with E-state index >= 15 is 0 Å². The number of benzene rings is 3. The van der Waals surface area contributed by atoms with Crippen LogP contribution >= 0.6 is 11.6 Å². The van der Waals surface area contributed by atoms with E-state index in [1.54, 1.807) is 0 Å². The highest BCUT2D eigenvalue weighted by Gasteiger charge is 2.21. The van der Waals surface area contributed by atoms with Crippen LogP contribution in [-0.4, -0.2) is 48.9 Å². The molecule has 1 saturated heterocycles. The summed E-state index contributed by atoms with van der Waals surface area (Å²) in [6.07, 6.45) is 0.348. The van der Waals surface area contributed by atoms with Gasteiger partial charge < -0.3 is 14.5 Å². The normalized spacial score (nSPS) is 14.9. The van der Waals surface area contributed by atoms with Gasteiger partial charge in [0.15, 0.2) is 0 Å². The van der Waals surface area contributed by atoms with Gasteiger partial charge >= 0.3 is 0 Å². The van der Waals surface area contributed by atoms with Crippen molar-refractivity contribution in [1.29, 1.82) is 0 Å². The van der Waals surface area contributed by atoms with Crippen molar-refractivity contribution in [2.45, 2.75) is 13.0 Å². The van der Waals surface area contributed by atoms with Crippen LogP contribution in [0.25, 0.3) is 10.8 Å². The zero-order valence-electron chi connectivity index (χ0n) is 16.6. The molecule has 1 heterocycles. The van der Waals surface area contributed by atoms with Crippen molar-refractivity contribution in [2.75, 3.05) is 33.2 Å². The minimum atomic E-state index is 0.158. The lowest BCUT2D eigenvalue weighted by Crippen LogP contribution is -2.47. The highest BCUT2D eigenvalue weighted by Crippen LogP contribution is 2.30. The summed E-state index contributed by atoms with van der Waals surface area (Å²) in [6, 6.07) is 19.8. The van der Waals surface area contributed by atoms with E-state index in [0.717, 1.165) is 53.8 Å². The van der Waals surface area contributed by atoms with Gasteiger partial charge in [0.2, 0.25) is 5.91 Å². The van der Waals surface area contributed by atoms with E-state index in [4.69, 9.17) is 16.3 Å². The smallest absolute Gasteiger partial charge is 0.227 e. The predicted octanol–water partition coefficient (Wildman–Crippen LogP) is 4.39. The van der Waals surface area contributed by atoms with Gasteiger partial charge in [0.05, 0.1) is 6.42 Å². The lowest BCUT2D eigenvalue weighted by atomic mass is 10.00. The molecule has 0 aliphatic carbocycles. The SMILES string of the molecule is CN1CCN(C(=O)Cc2c(OCc3ccc(Cl)cc3)ccc3ccccc23)CC1. The van der Waals surface area contributed by atoms with Crippen LogP contribution in [0, 0.1) is 0 Å². The summed E-state index contributed by atoms with van der Waals surface area (Å²) < 4.78 is 6.15. The Morgan fingerprint density at radius 1 is 0.966 bits per heavy atom. The topological polar surface area (TPSA) is 32.8 Å². The molecule has 1 amide bonds. The molecule has 4 nitrogen and oxygen atoms in total. The van der Waals surface area contributed by atoms with E-state index < -0.39 is 0 Å². The maximum atomic E-state index is 13.0. The maximum Gasteiger partial charge on any atom is 0.227 e. The Morgan fingerprint density at radius 3 is 2.45 bits per heavy atom. The van der Waals surface area contributed by atoms with Crippen LogP contribution < -0.4 is 4.74 Å². The van der Waals surface area contributed by atoms with E-state index in [9.17, 15) is 4.79 Å². The highest BCUT2D eigenvalue weighted by molar-refractivity contribution is 6.30. The van der Waals surface area contributed by atoms with Gasteiger partial charge in [0, 0.05) is 36.8 Å². The van der Waals surface area contributed by atoms with Crippen molar-refractivity contribution < 1.29 is 9.53 Å². The van der Waals surface area contributed by atoms with Crippen molar-refractivity contribution in [3.63, 3.8) is 0 Å². The van der Waals surface area contributed by atoms with E-state index in [1.165, 1.54) is 0 Å². The first-order valence-corrected chi connectivity index (χ1v) is 10.3. The number of amides is 1. The number of nitrogens with zero attached hydrogens (tertiary/aromatic N) is 2. The number of likely N-dealkylation sites (N-methyl/N-ethyl adjacent to an activating group) is 1. The van der Waals surface area contributed by atoms with Crippen LogP contribution in [0.3, 0.4) is 0 Å². The van der Waals surface area contributed by atoms with Crippen molar-refractivity contribution in [1.82, 2.24) is 9.80 Å². The second kappa shape index (κ2) is 8.85. The van der Waals surface area contributed by atoms with Crippen molar-refractivity contribution in [3.8, 4) is 5.75 Å². The van der Waals surface area contributed by atoms with Crippen molar-refractivity contribution >= 4 is 28.3 Å². The number of hydrogen-bond donors (Lipinski definition) is 0. The van der Waals surface area contributed by atoms with Crippen LogP contribution in [-0.2, 0) is 17.8 Å². The summed E-state index contributed by atoms with van der Waals surface area (Å²) in [6.45, 7) is 3.83. The maximum absolute atomic E-state index is 13.0. The van der Waals surface area contributed by atoms with Crippen LogP contribution in [0.5, 0.6) is 5.75 Å². The fourth-order valence-electron chi connectivity index (χ4n) is 3.69. The molecule has 1 aliphatic rings. The second-order valence-electron chi connectivity index (χ2n) is 7.54. The van der Waals surface area contributed by atoms with Gasteiger partial charge in [0.1, 0.15) is 12.4 Å². The third-order valence-electron chi connectivity index (χ3n) is 5.49. The third-order valence-corrected chi connectivity index (χ3v) is 5.74. The first-order valence-electron chi connectivity index (χ1n) is 9.94. The van der Waals surface area contributed by atoms with Crippen molar-refractivity contribution in [2.24, 2.45) is 0 Å². The lowest BCUT2D eigenvalue weighted by molar-refractivity contribution is -0.132. The van der Waals surface area contributed by atoms with Crippen LogP contribution in [0.1, 0.15) is 11.1 Å². The number of rotatable bonds is 5. The van der Waals surface area contributed by atoms with Crippen molar-refractivity contribution in [3.05, 3.63) is 76.8 Å².